The summed E-state index contributed by atoms with van der Waals surface area (Å²) in [5.74, 6) is -2.25. The van der Waals surface area contributed by atoms with Gasteiger partial charge in [0, 0.05) is 6.42 Å². The summed E-state index contributed by atoms with van der Waals surface area (Å²) >= 11 is 0. The Kier molecular flexibility index (Phi) is 4.85. The molecule has 0 saturated heterocycles. The summed E-state index contributed by atoms with van der Waals surface area (Å²) < 4.78 is 4.68. The van der Waals surface area contributed by atoms with E-state index in [1.807, 2.05) is 13.8 Å². The van der Waals surface area contributed by atoms with Gasteiger partial charge in [0.15, 0.2) is 5.78 Å². The average Bonchev–Trinajstić information content (AvgIpc) is 2.32. The van der Waals surface area contributed by atoms with Crippen LogP contribution in [0.25, 0.3) is 0 Å². The van der Waals surface area contributed by atoms with Gasteiger partial charge in [-0.05, 0) is 12.3 Å². The number of carbonyl (C=O) groups excluding carboxylic acids is 3. The van der Waals surface area contributed by atoms with Crippen LogP contribution in [0, 0.1) is 17.8 Å². The molecule has 0 aromatic rings. The number of ether oxygens (including phenoxy) is 1. The van der Waals surface area contributed by atoms with Gasteiger partial charge in [-0.25, -0.2) is 0 Å². The predicted octanol–water partition coefficient (Wildman–Crippen LogP) is 1.76. The Balaban J connectivity index is 2.95. The Morgan fingerprint density at radius 2 is 2.00 bits per heavy atom. The maximum atomic E-state index is 12.2. The highest BCUT2D eigenvalue weighted by molar-refractivity contribution is 6.12. The first-order valence-electron chi connectivity index (χ1n) is 6.21. The molecule has 0 aromatic heterocycles. The Hall–Kier alpha value is -1.19. The van der Waals surface area contributed by atoms with Gasteiger partial charge in [-0.2, -0.15) is 0 Å². The lowest BCUT2D eigenvalue weighted by molar-refractivity contribution is -0.157. The highest BCUT2D eigenvalue weighted by Crippen LogP contribution is 2.33. The lowest BCUT2D eigenvalue weighted by Gasteiger charge is -2.31. The SMILES string of the molecule is CCCC1C(=O)CC(CC)C(C(=O)OC)C1=O. The van der Waals surface area contributed by atoms with Gasteiger partial charge >= 0.3 is 5.97 Å². The van der Waals surface area contributed by atoms with E-state index in [4.69, 9.17) is 0 Å². The van der Waals surface area contributed by atoms with Crippen molar-refractivity contribution < 1.29 is 19.1 Å². The van der Waals surface area contributed by atoms with Gasteiger partial charge < -0.3 is 4.74 Å². The molecule has 0 heterocycles. The van der Waals surface area contributed by atoms with Gasteiger partial charge in [-0.1, -0.05) is 26.7 Å². The highest BCUT2D eigenvalue weighted by atomic mass is 16.5. The van der Waals surface area contributed by atoms with Crippen molar-refractivity contribution in [2.24, 2.45) is 17.8 Å². The number of methoxy groups -OCH3 is 1. The van der Waals surface area contributed by atoms with Crippen molar-refractivity contribution in [3.05, 3.63) is 0 Å². The summed E-state index contributed by atoms with van der Waals surface area (Å²) in [6.07, 6.45) is 2.29. The smallest absolute Gasteiger partial charge is 0.316 e. The van der Waals surface area contributed by atoms with Crippen LogP contribution in [0.5, 0.6) is 0 Å². The molecular formula is C13H20O4. The fourth-order valence-corrected chi connectivity index (χ4v) is 2.53. The van der Waals surface area contributed by atoms with E-state index in [1.165, 1.54) is 7.11 Å². The van der Waals surface area contributed by atoms with E-state index in [9.17, 15) is 14.4 Å². The first-order valence-corrected chi connectivity index (χ1v) is 6.21. The molecule has 0 aromatic carbocycles. The molecule has 0 bridgehead atoms. The van der Waals surface area contributed by atoms with Gasteiger partial charge in [-0.3, -0.25) is 14.4 Å². The molecule has 0 spiro atoms. The molecule has 1 rings (SSSR count). The summed E-state index contributed by atoms with van der Waals surface area (Å²) in [6.45, 7) is 3.82. The standard InChI is InChI=1S/C13H20O4/c1-4-6-9-10(14)7-8(5-2)11(12(9)15)13(16)17-3/h8-9,11H,4-7H2,1-3H3. The largest absolute Gasteiger partial charge is 0.468 e. The van der Waals surface area contributed by atoms with E-state index < -0.39 is 17.8 Å². The van der Waals surface area contributed by atoms with E-state index in [-0.39, 0.29) is 17.5 Å². The number of esters is 1. The molecule has 17 heavy (non-hydrogen) atoms. The first-order chi connectivity index (χ1) is 8.06. The van der Waals surface area contributed by atoms with Crippen LogP contribution in [-0.4, -0.2) is 24.6 Å². The average molecular weight is 240 g/mol. The van der Waals surface area contributed by atoms with Crippen LogP contribution >= 0.6 is 0 Å². The van der Waals surface area contributed by atoms with Crippen molar-refractivity contribution in [3.63, 3.8) is 0 Å². The zero-order valence-electron chi connectivity index (χ0n) is 10.7. The second-order valence-electron chi connectivity index (χ2n) is 4.58. The van der Waals surface area contributed by atoms with E-state index >= 15 is 0 Å². The topological polar surface area (TPSA) is 60.4 Å². The maximum absolute atomic E-state index is 12.2. The minimum Gasteiger partial charge on any atom is -0.468 e. The minimum atomic E-state index is -0.737. The molecule has 0 radical (unpaired) electrons. The third kappa shape index (κ3) is 2.73. The van der Waals surface area contributed by atoms with Crippen molar-refractivity contribution >= 4 is 17.5 Å². The van der Waals surface area contributed by atoms with Crippen LogP contribution in [-0.2, 0) is 19.1 Å². The van der Waals surface area contributed by atoms with E-state index in [0.717, 1.165) is 6.42 Å². The Bertz CT molecular complexity index is 319. The number of Topliss-reactive ketones (excluding diaryl/α,β-unsaturated/α-hetero) is 2. The molecule has 3 atom stereocenters. The number of rotatable bonds is 4. The molecule has 1 fully saturated rings. The van der Waals surface area contributed by atoms with Crippen molar-refractivity contribution in [2.45, 2.75) is 39.5 Å². The molecule has 0 N–H and O–H groups in total. The fourth-order valence-electron chi connectivity index (χ4n) is 2.53. The van der Waals surface area contributed by atoms with Gasteiger partial charge in [0.05, 0.1) is 13.0 Å². The molecule has 1 saturated carbocycles. The summed E-state index contributed by atoms with van der Waals surface area (Å²) in [5.41, 5.74) is 0. The summed E-state index contributed by atoms with van der Waals surface area (Å²) in [4.78, 5) is 35.7. The van der Waals surface area contributed by atoms with Gasteiger partial charge in [-0.15, -0.1) is 0 Å². The van der Waals surface area contributed by atoms with Crippen molar-refractivity contribution in [2.75, 3.05) is 7.11 Å². The van der Waals surface area contributed by atoms with Gasteiger partial charge in [0.2, 0.25) is 0 Å². The normalized spacial score (nSPS) is 29.2. The fraction of sp³-hybridized carbons (Fsp3) is 0.769. The van der Waals surface area contributed by atoms with E-state index in [2.05, 4.69) is 4.74 Å². The third-order valence-electron chi connectivity index (χ3n) is 3.53. The molecule has 4 nitrogen and oxygen atoms in total. The van der Waals surface area contributed by atoms with Crippen molar-refractivity contribution in [1.82, 2.24) is 0 Å². The minimum absolute atomic E-state index is 0.0103. The second-order valence-corrected chi connectivity index (χ2v) is 4.58. The van der Waals surface area contributed by atoms with Gasteiger partial charge in [0.25, 0.3) is 0 Å². The maximum Gasteiger partial charge on any atom is 0.316 e. The first kappa shape index (κ1) is 13.9. The molecule has 3 unspecified atom stereocenters. The number of hydrogen-bond acceptors (Lipinski definition) is 4. The zero-order chi connectivity index (χ0) is 13.0. The Labute approximate surface area is 102 Å². The van der Waals surface area contributed by atoms with Crippen LogP contribution in [0.3, 0.4) is 0 Å². The monoisotopic (exact) mass is 240 g/mol. The number of hydrogen-bond donors (Lipinski definition) is 0. The Morgan fingerprint density at radius 3 is 2.47 bits per heavy atom. The predicted molar refractivity (Wildman–Crippen MR) is 62.3 cm³/mol. The molecule has 1 aliphatic rings. The molecular weight excluding hydrogens is 220 g/mol. The number of ketones is 2. The molecule has 0 aliphatic heterocycles. The summed E-state index contributed by atoms with van der Waals surface area (Å²) in [5, 5.41) is 0. The molecule has 96 valence electrons. The van der Waals surface area contributed by atoms with Crippen LogP contribution in [0.15, 0.2) is 0 Å². The summed E-state index contributed by atoms with van der Waals surface area (Å²) in [6, 6.07) is 0. The van der Waals surface area contributed by atoms with Crippen molar-refractivity contribution in [1.29, 1.82) is 0 Å². The quantitative estimate of drug-likeness (QED) is 0.555. The van der Waals surface area contributed by atoms with Crippen LogP contribution < -0.4 is 0 Å². The second kappa shape index (κ2) is 5.94. The Morgan fingerprint density at radius 1 is 1.35 bits per heavy atom. The lowest BCUT2D eigenvalue weighted by atomic mass is 9.70. The molecule has 1 aliphatic carbocycles. The lowest BCUT2D eigenvalue weighted by Crippen LogP contribution is -2.45. The van der Waals surface area contributed by atoms with E-state index in [1.54, 1.807) is 0 Å². The third-order valence-corrected chi connectivity index (χ3v) is 3.53. The zero-order valence-corrected chi connectivity index (χ0v) is 10.7. The van der Waals surface area contributed by atoms with Crippen LogP contribution in [0.4, 0.5) is 0 Å². The van der Waals surface area contributed by atoms with Crippen LogP contribution in [0.1, 0.15) is 39.5 Å². The van der Waals surface area contributed by atoms with E-state index in [0.29, 0.717) is 19.3 Å². The molecule has 4 heteroatoms. The van der Waals surface area contributed by atoms with Crippen molar-refractivity contribution in [3.8, 4) is 0 Å². The van der Waals surface area contributed by atoms with Gasteiger partial charge in [0.1, 0.15) is 11.7 Å². The number of carbonyl (C=O) groups is 3. The molecule has 0 amide bonds. The highest BCUT2D eigenvalue weighted by Gasteiger charge is 2.45. The van der Waals surface area contributed by atoms with Crippen LogP contribution in [0.2, 0.25) is 0 Å². The summed E-state index contributed by atoms with van der Waals surface area (Å²) in [7, 11) is 1.29.